The summed E-state index contributed by atoms with van der Waals surface area (Å²) in [6.07, 6.45) is 2.37. The van der Waals surface area contributed by atoms with Crippen LogP contribution in [0.2, 0.25) is 0 Å². The fourth-order valence-electron chi connectivity index (χ4n) is 2.21. The van der Waals surface area contributed by atoms with E-state index in [4.69, 9.17) is 15.6 Å². The number of hydrogen-bond donors (Lipinski definition) is 3. The van der Waals surface area contributed by atoms with E-state index in [1.807, 2.05) is 51.1 Å². The molecule has 0 aliphatic carbocycles. The Hall–Kier alpha value is -1.92. The van der Waals surface area contributed by atoms with E-state index in [9.17, 15) is 9.59 Å². The second-order valence-electron chi connectivity index (χ2n) is 6.82. The fourth-order valence-corrected chi connectivity index (χ4v) is 2.21. The van der Waals surface area contributed by atoms with Gasteiger partial charge in [0.15, 0.2) is 0 Å². The lowest BCUT2D eigenvalue weighted by Gasteiger charge is -2.21. The molecule has 0 radical (unpaired) electrons. The standard InChI is InChI=1S/C9H17NO2.C9H11NO2/c1-9(2,3)12-8(11)7-5-4-6-10-7;10-8(9(11)12)6-7-4-2-1-3-5-7/h7,10H,4-6H2,1-3H3;1-5,8H,6,10H2,(H,11,12)/t7-;8-/m00/s1. The molecule has 1 saturated heterocycles. The second-order valence-corrected chi connectivity index (χ2v) is 6.82. The lowest BCUT2D eigenvalue weighted by Crippen LogP contribution is -2.37. The molecule has 134 valence electrons. The van der Waals surface area contributed by atoms with E-state index in [1.165, 1.54) is 0 Å². The molecule has 24 heavy (non-hydrogen) atoms. The molecule has 6 nitrogen and oxygen atoms in total. The summed E-state index contributed by atoms with van der Waals surface area (Å²) >= 11 is 0. The first-order chi connectivity index (χ1) is 11.2. The van der Waals surface area contributed by atoms with Gasteiger partial charge in [-0.3, -0.25) is 9.59 Å². The Labute approximate surface area is 143 Å². The van der Waals surface area contributed by atoms with Crippen molar-refractivity contribution in [2.24, 2.45) is 5.73 Å². The number of carbonyl (C=O) groups is 2. The molecule has 1 fully saturated rings. The van der Waals surface area contributed by atoms with Gasteiger partial charge in [0.1, 0.15) is 17.7 Å². The van der Waals surface area contributed by atoms with Crippen LogP contribution in [0.15, 0.2) is 30.3 Å². The molecule has 0 aromatic heterocycles. The largest absolute Gasteiger partial charge is 0.480 e. The summed E-state index contributed by atoms with van der Waals surface area (Å²) in [5.74, 6) is -1.07. The maximum atomic E-state index is 11.4. The van der Waals surface area contributed by atoms with Crippen LogP contribution in [0, 0.1) is 0 Å². The monoisotopic (exact) mass is 336 g/mol. The molecular weight excluding hydrogens is 308 g/mol. The molecule has 1 aromatic carbocycles. The van der Waals surface area contributed by atoms with Crippen molar-refractivity contribution in [3.63, 3.8) is 0 Å². The minimum Gasteiger partial charge on any atom is -0.480 e. The first-order valence-corrected chi connectivity index (χ1v) is 8.17. The van der Waals surface area contributed by atoms with Crippen LogP contribution in [0.4, 0.5) is 0 Å². The van der Waals surface area contributed by atoms with E-state index in [0.29, 0.717) is 6.42 Å². The van der Waals surface area contributed by atoms with Crippen LogP contribution in [0.5, 0.6) is 0 Å². The first kappa shape index (κ1) is 20.1. The zero-order valence-electron chi connectivity index (χ0n) is 14.6. The molecular formula is C18H28N2O4. The topological polar surface area (TPSA) is 102 Å². The van der Waals surface area contributed by atoms with Crippen LogP contribution in [0.1, 0.15) is 39.2 Å². The number of esters is 1. The van der Waals surface area contributed by atoms with Crippen LogP contribution in [0.3, 0.4) is 0 Å². The summed E-state index contributed by atoms with van der Waals surface area (Å²) in [5.41, 5.74) is 5.94. The summed E-state index contributed by atoms with van der Waals surface area (Å²) in [7, 11) is 0. The molecule has 0 spiro atoms. The predicted molar refractivity (Wildman–Crippen MR) is 92.6 cm³/mol. The Balaban J connectivity index is 0.000000240. The fraction of sp³-hybridized carbons (Fsp3) is 0.556. The van der Waals surface area contributed by atoms with Gasteiger partial charge in [-0.15, -0.1) is 0 Å². The molecule has 4 N–H and O–H groups in total. The Kier molecular flexibility index (Phi) is 7.88. The summed E-state index contributed by atoms with van der Waals surface area (Å²) in [6, 6.07) is 8.48. The number of carbonyl (C=O) groups excluding carboxylic acids is 1. The van der Waals surface area contributed by atoms with E-state index in [-0.39, 0.29) is 17.6 Å². The van der Waals surface area contributed by atoms with Crippen molar-refractivity contribution >= 4 is 11.9 Å². The van der Waals surface area contributed by atoms with Gasteiger partial charge in [0.25, 0.3) is 0 Å². The molecule has 1 aromatic rings. The zero-order valence-corrected chi connectivity index (χ0v) is 14.6. The number of ether oxygens (including phenoxy) is 1. The molecule has 1 heterocycles. The molecule has 1 aliphatic rings. The van der Waals surface area contributed by atoms with Crippen LogP contribution < -0.4 is 11.1 Å². The van der Waals surface area contributed by atoms with Crippen LogP contribution >= 0.6 is 0 Å². The average Bonchev–Trinajstić information content (AvgIpc) is 3.01. The first-order valence-electron chi connectivity index (χ1n) is 8.17. The quantitative estimate of drug-likeness (QED) is 0.724. The van der Waals surface area contributed by atoms with E-state index in [2.05, 4.69) is 5.32 Å². The van der Waals surface area contributed by atoms with E-state index < -0.39 is 12.0 Å². The molecule has 0 amide bonds. The third-order valence-electron chi connectivity index (χ3n) is 3.37. The molecule has 6 heteroatoms. The van der Waals surface area contributed by atoms with E-state index in [1.54, 1.807) is 0 Å². The lowest BCUT2D eigenvalue weighted by atomic mass is 10.1. The van der Waals surface area contributed by atoms with Crippen LogP contribution in [0.25, 0.3) is 0 Å². The Bertz CT molecular complexity index is 520. The lowest BCUT2D eigenvalue weighted by molar-refractivity contribution is -0.157. The van der Waals surface area contributed by atoms with Gasteiger partial charge < -0.3 is 20.9 Å². The van der Waals surface area contributed by atoms with Crippen molar-refractivity contribution in [2.75, 3.05) is 6.54 Å². The number of nitrogens with one attached hydrogen (secondary N) is 1. The van der Waals surface area contributed by atoms with Crippen LogP contribution in [-0.2, 0) is 20.7 Å². The number of rotatable bonds is 4. The van der Waals surface area contributed by atoms with Gasteiger partial charge in [0.05, 0.1) is 0 Å². The van der Waals surface area contributed by atoms with Crippen molar-refractivity contribution in [2.45, 2.75) is 57.7 Å². The molecule has 0 unspecified atom stereocenters. The minimum absolute atomic E-state index is 0.0655. The van der Waals surface area contributed by atoms with Crippen molar-refractivity contribution in [1.29, 1.82) is 0 Å². The number of benzene rings is 1. The van der Waals surface area contributed by atoms with Gasteiger partial charge in [-0.25, -0.2) is 0 Å². The van der Waals surface area contributed by atoms with E-state index >= 15 is 0 Å². The van der Waals surface area contributed by atoms with Crippen molar-refractivity contribution in [3.05, 3.63) is 35.9 Å². The van der Waals surface area contributed by atoms with Gasteiger partial charge in [0.2, 0.25) is 0 Å². The highest BCUT2D eigenvalue weighted by molar-refractivity contribution is 5.76. The number of aliphatic carboxylic acids is 1. The molecule has 1 aliphatic heterocycles. The van der Waals surface area contributed by atoms with Gasteiger partial charge in [-0.05, 0) is 52.1 Å². The van der Waals surface area contributed by atoms with Crippen molar-refractivity contribution < 1.29 is 19.4 Å². The van der Waals surface area contributed by atoms with Crippen molar-refractivity contribution in [3.8, 4) is 0 Å². The highest BCUT2D eigenvalue weighted by Crippen LogP contribution is 2.13. The molecule has 0 bridgehead atoms. The SMILES string of the molecule is CC(C)(C)OC(=O)[C@@H]1CCCN1.N[C@@H](Cc1ccccc1)C(=O)O. The van der Waals surface area contributed by atoms with Gasteiger partial charge >= 0.3 is 11.9 Å². The summed E-state index contributed by atoms with van der Waals surface area (Å²) < 4.78 is 5.22. The Morgan fingerprint density at radius 3 is 2.42 bits per heavy atom. The maximum absolute atomic E-state index is 11.4. The zero-order chi connectivity index (χ0) is 18.2. The molecule has 2 atom stereocenters. The Morgan fingerprint density at radius 1 is 1.33 bits per heavy atom. The highest BCUT2D eigenvalue weighted by atomic mass is 16.6. The minimum atomic E-state index is -0.959. The highest BCUT2D eigenvalue weighted by Gasteiger charge is 2.27. The molecule has 0 saturated carbocycles. The average molecular weight is 336 g/mol. The number of carboxylic acid groups (broad SMARTS) is 1. The predicted octanol–water partition coefficient (Wildman–Crippen LogP) is 1.72. The van der Waals surface area contributed by atoms with Gasteiger partial charge in [0, 0.05) is 0 Å². The summed E-state index contributed by atoms with van der Waals surface area (Å²) in [5, 5.41) is 11.6. The smallest absolute Gasteiger partial charge is 0.323 e. The molecule has 2 rings (SSSR count). The third-order valence-corrected chi connectivity index (χ3v) is 3.37. The summed E-state index contributed by atoms with van der Waals surface area (Å²) in [6.45, 7) is 6.60. The third kappa shape index (κ3) is 8.08. The normalized spacial score (nSPS) is 18.2. The van der Waals surface area contributed by atoms with Gasteiger partial charge in [-0.2, -0.15) is 0 Å². The van der Waals surface area contributed by atoms with E-state index in [0.717, 1.165) is 24.9 Å². The Morgan fingerprint density at radius 2 is 1.96 bits per heavy atom. The second kappa shape index (κ2) is 9.39. The number of carboxylic acids is 1. The maximum Gasteiger partial charge on any atom is 0.323 e. The van der Waals surface area contributed by atoms with Gasteiger partial charge in [-0.1, -0.05) is 30.3 Å². The number of nitrogens with two attached hydrogens (primary N) is 1. The van der Waals surface area contributed by atoms with Crippen molar-refractivity contribution in [1.82, 2.24) is 5.32 Å². The van der Waals surface area contributed by atoms with Crippen LogP contribution in [-0.4, -0.2) is 41.3 Å². The number of hydrogen-bond acceptors (Lipinski definition) is 5. The summed E-state index contributed by atoms with van der Waals surface area (Å²) in [4.78, 5) is 21.8.